The summed E-state index contributed by atoms with van der Waals surface area (Å²) in [5, 5.41) is 8.91. The molecule has 0 bridgehead atoms. The molecule has 0 radical (unpaired) electrons. The van der Waals surface area contributed by atoms with Crippen LogP contribution in [0.2, 0.25) is 5.02 Å². The molecule has 0 atom stereocenters. The predicted molar refractivity (Wildman–Crippen MR) is 64.4 cm³/mol. The Balaban J connectivity index is 2.48. The van der Waals surface area contributed by atoms with Crippen molar-refractivity contribution >= 4 is 17.6 Å². The molecule has 0 fully saturated rings. The maximum absolute atomic E-state index is 13.0. The molecule has 1 heterocycles. The molecule has 0 spiro atoms. The molecular formula is C12H6ClF2NO4. The van der Waals surface area contributed by atoms with Gasteiger partial charge in [0.05, 0.1) is 12.4 Å². The molecule has 1 N–H and O–H groups in total. The second-order valence-electron chi connectivity index (χ2n) is 3.60. The lowest BCUT2D eigenvalue weighted by Crippen LogP contribution is -2.01. The van der Waals surface area contributed by atoms with Gasteiger partial charge in [-0.3, -0.25) is 9.93 Å². The molecule has 2 aromatic rings. The van der Waals surface area contributed by atoms with Crippen molar-refractivity contribution in [3.05, 3.63) is 47.0 Å². The number of hydrogen-bond acceptors (Lipinski definition) is 4. The Kier molecular flexibility index (Phi) is 3.99. The first kappa shape index (κ1) is 14.0. The summed E-state index contributed by atoms with van der Waals surface area (Å²) in [4.78, 5) is 18.0. The van der Waals surface area contributed by atoms with Crippen LogP contribution in [0, 0.1) is 5.82 Å². The van der Waals surface area contributed by atoms with E-state index in [1.807, 2.05) is 0 Å². The van der Waals surface area contributed by atoms with Gasteiger partial charge in [-0.15, -0.1) is 0 Å². The molecule has 0 aliphatic rings. The fourth-order valence-corrected chi connectivity index (χ4v) is 1.67. The van der Waals surface area contributed by atoms with E-state index < -0.39 is 23.1 Å². The molecule has 0 aliphatic carbocycles. The highest BCUT2D eigenvalue weighted by atomic mass is 35.5. The zero-order valence-corrected chi connectivity index (χ0v) is 10.4. The third-order valence-corrected chi connectivity index (χ3v) is 2.45. The summed E-state index contributed by atoms with van der Waals surface area (Å²) in [5.74, 6) is -3.19. The zero-order chi connectivity index (χ0) is 14.7. The minimum Gasteiger partial charge on any atom is -0.478 e. The molecule has 1 aromatic carbocycles. The number of aromatic nitrogens is 1. The second kappa shape index (κ2) is 5.70. The Morgan fingerprint density at radius 2 is 2.05 bits per heavy atom. The highest BCUT2D eigenvalue weighted by Gasteiger charge is 2.20. The minimum atomic E-state index is -1.46. The lowest BCUT2D eigenvalue weighted by Gasteiger charge is -2.10. The number of nitrogens with zero attached hydrogens (tertiary/aromatic N) is 1. The van der Waals surface area contributed by atoms with Crippen LogP contribution >= 0.6 is 11.6 Å². The van der Waals surface area contributed by atoms with Gasteiger partial charge in [-0.05, 0) is 6.07 Å². The van der Waals surface area contributed by atoms with Gasteiger partial charge in [0.1, 0.15) is 17.1 Å². The fourth-order valence-electron chi connectivity index (χ4n) is 1.46. The highest BCUT2D eigenvalue weighted by Crippen LogP contribution is 2.37. The van der Waals surface area contributed by atoms with E-state index in [0.29, 0.717) is 0 Å². The van der Waals surface area contributed by atoms with Gasteiger partial charge in [-0.25, -0.2) is 9.18 Å². The molecule has 0 amide bonds. The summed E-state index contributed by atoms with van der Waals surface area (Å²) in [6, 6.07) is 3.11. The SMILES string of the molecule is O=C(O)c1cc(Cl)cc(Oc2cncc(F)c2)c1OF. The van der Waals surface area contributed by atoms with E-state index in [2.05, 4.69) is 9.93 Å². The van der Waals surface area contributed by atoms with Crippen molar-refractivity contribution in [1.29, 1.82) is 0 Å². The Hall–Kier alpha value is -2.41. The van der Waals surface area contributed by atoms with Crippen LogP contribution in [0.15, 0.2) is 30.6 Å². The molecule has 5 nitrogen and oxygen atoms in total. The third-order valence-electron chi connectivity index (χ3n) is 2.23. The van der Waals surface area contributed by atoms with Gasteiger partial charge in [-0.2, -0.15) is 0 Å². The number of ether oxygens (including phenoxy) is 1. The van der Waals surface area contributed by atoms with E-state index in [0.717, 1.165) is 30.6 Å². The Labute approximate surface area is 116 Å². The summed E-state index contributed by atoms with van der Waals surface area (Å²) in [7, 11) is 0. The van der Waals surface area contributed by atoms with Crippen molar-refractivity contribution in [2.75, 3.05) is 0 Å². The summed E-state index contributed by atoms with van der Waals surface area (Å²) >= 11 is 5.71. The average Bonchev–Trinajstić information content (AvgIpc) is 2.38. The number of pyridine rings is 1. The minimum absolute atomic E-state index is 0.0115. The number of carboxylic acids is 1. The zero-order valence-electron chi connectivity index (χ0n) is 9.64. The molecule has 20 heavy (non-hydrogen) atoms. The van der Waals surface area contributed by atoms with Gasteiger partial charge in [-0.1, -0.05) is 11.6 Å². The largest absolute Gasteiger partial charge is 0.478 e. The number of rotatable bonds is 4. The van der Waals surface area contributed by atoms with Crippen molar-refractivity contribution in [1.82, 2.24) is 4.98 Å². The summed E-state index contributed by atoms with van der Waals surface area (Å²) < 4.78 is 30.7. The quantitative estimate of drug-likeness (QED) is 0.934. The first-order valence-electron chi connectivity index (χ1n) is 5.15. The van der Waals surface area contributed by atoms with Crippen LogP contribution in [0.4, 0.5) is 8.92 Å². The van der Waals surface area contributed by atoms with Crippen LogP contribution in [-0.2, 0) is 0 Å². The first-order valence-corrected chi connectivity index (χ1v) is 5.53. The smallest absolute Gasteiger partial charge is 0.339 e. The van der Waals surface area contributed by atoms with Crippen molar-refractivity contribution in [3.63, 3.8) is 0 Å². The number of carboxylic acid groups (broad SMARTS) is 1. The van der Waals surface area contributed by atoms with Crippen LogP contribution in [-0.4, -0.2) is 16.1 Å². The van der Waals surface area contributed by atoms with Crippen molar-refractivity contribution in [3.8, 4) is 17.2 Å². The van der Waals surface area contributed by atoms with Crippen LogP contribution < -0.4 is 9.68 Å². The number of halogens is 3. The third kappa shape index (κ3) is 2.94. The topological polar surface area (TPSA) is 68.7 Å². The molecule has 104 valence electrons. The van der Waals surface area contributed by atoms with E-state index in [1.165, 1.54) is 0 Å². The van der Waals surface area contributed by atoms with Crippen molar-refractivity contribution in [2.45, 2.75) is 0 Å². The Morgan fingerprint density at radius 3 is 2.65 bits per heavy atom. The molecule has 1 aromatic heterocycles. The molecule has 0 aliphatic heterocycles. The van der Waals surface area contributed by atoms with Gasteiger partial charge in [0.2, 0.25) is 5.75 Å². The number of carbonyl (C=O) groups is 1. The van der Waals surface area contributed by atoms with E-state index in [-0.39, 0.29) is 16.5 Å². The number of benzene rings is 1. The van der Waals surface area contributed by atoms with Crippen LogP contribution in [0.1, 0.15) is 10.4 Å². The van der Waals surface area contributed by atoms with Crippen molar-refractivity contribution < 1.29 is 28.5 Å². The van der Waals surface area contributed by atoms with Crippen LogP contribution in [0.3, 0.4) is 0 Å². The van der Waals surface area contributed by atoms with Crippen molar-refractivity contribution in [2.24, 2.45) is 0 Å². The highest BCUT2D eigenvalue weighted by molar-refractivity contribution is 6.31. The van der Waals surface area contributed by atoms with E-state index in [1.54, 1.807) is 0 Å². The second-order valence-corrected chi connectivity index (χ2v) is 4.04. The molecule has 0 saturated heterocycles. The fraction of sp³-hybridized carbons (Fsp3) is 0. The standard InChI is InChI=1S/C12H6ClF2NO4/c13-6-1-9(12(17)18)11(20-15)10(2-6)19-8-3-7(14)4-16-5-8/h1-5H,(H,17,18). The normalized spacial score (nSPS) is 10.2. The van der Waals surface area contributed by atoms with Crippen LogP contribution in [0.5, 0.6) is 17.2 Å². The molecule has 0 saturated carbocycles. The first-order chi connectivity index (χ1) is 9.51. The summed E-state index contributed by atoms with van der Waals surface area (Å²) in [6.45, 7) is 0. The van der Waals surface area contributed by atoms with Gasteiger partial charge in [0, 0.05) is 21.7 Å². The lowest BCUT2D eigenvalue weighted by molar-refractivity contribution is -0.0101. The summed E-state index contributed by atoms with van der Waals surface area (Å²) in [6.07, 6.45) is 2.10. The van der Waals surface area contributed by atoms with E-state index in [4.69, 9.17) is 21.4 Å². The molecular weight excluding hydrogens is 296 g/mol. The number of hydrogen-bond donors (Lipinski definition) is 1. The molecule has 2 rings (SSSR count). The Bertz CT molecular complexity index is 666. The Morgan fingerprint density at radius 1 is 1.30 bits per heavy atom. The summed E-state index contributed by atoms with van der Waals surface area (Å²) in [5.41, 5.74) is -0.528. The monoisotopic (exact) mass is 301 g/mol. The lowest BCUT2D eigenvalue weighted by atomic mass is 10.2. The maximum Gasteiger partial charge on any atom is 0.339 e. The number of aromatic carboxylic acids is 1. The maximum atomic E-state index is 13.0. The van der Waals surface area contributed by atoms with Gasteiger partial charge in [0.25, 0.3) is 0 Å². The molecule has 0 unspecified atom stereocenters. The predicted octanol–water partition coefficient (Wildman–Crippen LogP) is 3.63. The van der Waals surface area contributed by atoms with Gasteiger partial charge < -0.3 is 9.84 Å². The van der Waals surface area contributed by atoms with Crippen LogP contribution in [0.25, 0.3) is 0 Å². The van der Waals surface area contributed by atoms with E-state index >= 15 is 0 Å². The average molecular weight is 302 g/mol. The van der Waals surface area contributed by atoms with Gasteiger partial charge >= 0.3 is 5.97 Å². The molecule has 8 heteroatoms. The van der Waals surface area contributed by atoms with E-state index in [9.17, 15) is 13.7 Å². The van der Waals surface area contributed by atoms with Gasteiger partial charge in [0.15, 0.2) is 5.75 Å².